The maximum atomic E-state index is 14.0. The quantitative estimate of drug-likeness (QED) is 0.732. The summed E-state index contributed by atoms with van der Waals surface area (Å²) >= 11 is 0. The molecule has 1 aromatic rings. The van der Waals surface area contributed by atoms with E-state index in [0.717, 1.165) is 19.9 Å². The lowest BCUT2D eigenvalue weighted by Gasteiger charge is -2.30. The van der Waals surface area contributed by atoms with Gasteiger partial charge in [-0.25, -0.2) is 4.39 Å². The first-order valence-electron chi connectivity index (χ1n) is 5.43. The monoisotopic (exact) mass is 262 g/mol. The highest BCUT2D eigenvalue weighted by Crippen LogP contribution is 2.41. The van der Waals surface area contributed by atoms with E-state index in [-0.39, 0.29) is 11.3 Å². The Kier molecular flexibility index (Phi) is 3.65. The molecule has 0 fully saturated rings. The molecule has 1 aromatic carbocycles. The third kappa shape index (κ3) is 2.44. The van der Waals surface area contributed by atoms with E-state index >= 15 is 0 Å². The van der Waals surface area contributed by atoms with Crippen molar-refractivity contribution in [2.75, 3.05) is 5.73 Å². The van der Waals surface area contributed by atoms with E-state index in [1.807, 2.05) is 0 Å². The van der Waals surface area contributed by atoms with Crippen LogP contribution in [0.3, 0.4) is 0 Å². The first-order chi connectivity index (χ1) is 7.98. The number of alkyl halides is 2. The van der Waals surface area contributed by atoms with Gasteiger partial charge < -0.3 is 16.6 Å². The Labute approximate surface area is 104 Å². The van der Waals surface area contributed by atoms with Crippen LogP contribution in [-0.4, -0.2) is 10.7 Å². The molecular formula is C12H17F3N2O. The largest absolute Gasteiger partial charge is 0.399 e. The Balaban J connectivity index is 3.52. The third-order valence-corrected chi connectivity index (χ3v) is 2.72. The van der Waals surface area contributed by atoms with Crippen LogP contribution in [0.5, 0.6) is 0 Å². The summed E-state index contributed by atoms with van der Waals surface area (Å²) in [4.78, 5) is 0. The van der Waals surface area contributed by atoms with Gasteiger partial charge in [-0.1, -0.05) is 0 Å². The van der Waals surface area contributed by atoms with Crippen molar-refractivity contribution in [2.24, 2.45) is 5.73 Å². The molecule has 0 aromatic heterocycles. The van der Waals surface area contributed by atoms with Gasteiger partial charge in [0, 0.05) is 17.3 Å². The van der Waals surface area contributed by atoms with Gasteiger partial charge in [0.1, 0.15) is 11.4 Å². The number of anilines is 1. The standard InChI is InChI=1S/C12H17F3N2O/c1-6(16)8-4-7(17)5-9(10(8)13)12(14,15)11(2,3)18/h4-6,18H,16-17H2,1-3H3/t6-/m1/s1. The van der Waals surface area contributed by atoms with Gasteiger partial charge in [-0.3, -0.25) is 0 Å². The van der Waals surface area contributed by atoms with Crippen LogP contribution in [0.15, 0.2) is 12.1 Å². The molecule has 0 amide bonds. The van der Waals surface area contributed by atoms with E-state index in [9.17, 15) is 18.3 Å². The molecule has 1 atom stereocenters. The lowest BCUT2D eigenvalue weighted by atomic mass is 9.90. The average molecular weight is 262 g/mol. The number of nitrogens with two attached hydrogens (primary N) is 2. The zero-order chi connectivity index (χ0) is 14.3. The maximum Gasteiger partial charge on any atom is 0.303 e. The highest BCUT2D eigenvalue weighted by molar-refractivity contribution is 5.48. The molecule has 0 aliphatic carbocycles. The molecule has 1 rings (SSSR count). The van der Waals surface area contributed by atoms with E-state index in [1.54, 1.807) is 0 Å². The average Bonchev–Trinajstić information content (AvgIpc) is 2.18. The maximum absolute atomic E-state index is 14.0. The molecule has 0 unspecified atom stereocenters. The molecule has 0 saturated carbocycles. The van der Waals surface area contributed by atoms with Crippen LogP contribution in [0.1, 0.15) is 37.9 Å². The second kappa shape index (κ2) is 4.44. The zero-order valence-corrected chi connectivity index (χ0v) is 10.5. The highest BCUT2D eigenvalue weighted by Gasteiger charge is 2.49. The van der Waals surface area contributed by atoms with E-state index < -0.39 is 28.9 Å². The Morgan fingerprint density at radius 2 is 1.78 bits per heavy atom. The second-order valence-corrected chi connectivity index (χ2v) is 4.89. The third-order valence-electron chi connectivity index (χ3n) is 2.72. The molecule has 0 heterocycles. The number of aliphatic hydroxyl groups is 1. The summed E-state index contributed by atoms with van der Waals surface area (Å²) in [6.07, 6.45) is 0. The van der Waals surface area contributed by atoms with Crippen molar-refractivity contribution in [1.82, 2.24) is 0 Å². The van der Waals surface area contributed by atoms with Gasteiger partial charge in [0.05, 0.1) is 5.56 Å². The molecule has 6 heteroatoms. The molecule has 0 spiro atoms. The molecular weight excluding hydrogens is 245 g/mol. The summed E-state index contributed by atoms with van der Waals surface area (Å²) < 4.78 is 41.9. The fourth-order valence-corrected chi connectivity index (χ4v) is 1.56. The lowest BCUT2D eigenvalue weighted by molar-refractivity contribution is -0.170. The van der Waals surface area contributed by atoms with Crippen LogP contribution in [-0.2, 0) is 5.92 Å². The van der Waals surface area contributed by atoms with E-state index in [4.69, 9.17) is 11.5 Å². The predicted octanol–water partition coefficient (Wildman–Crippen LogP) is 2.29. The van der Waals surface area contributed by atoms with Gasteiger partial charge in [-0.2, -0.15) is 8.78 Å². The predicted molar refractivity (Wildman–Crippen MR) is 63.6 cm³/mol. The number of halogens is 3. The topological polar surface area (TPSA) is 72.3 Å². The van der Waals surface area contributed by atoms with E-state index in [0.29, 0.717) is 0 Å². The number of rotatable bonds is 3. The van der Waals surface area contributed by atoms with Crippen molar-refractivity contribution in [3.05, 3.63) is 29.1 Å². The molecule has 18 heavy (non-hydrogen) atoms. The molecule has 0 aliphatic heterocycles. The number of nitrogen functional groups attached to an aromatic ring is 1. The van der Waals surface area contributed by atoms with Crippen molar-refractivity contribution in [1.29, 1.82) is 0 Å². The minimum atomic E-state index is -3.77. The van der Waals surface area contributed by atoms with Gasteiger partial charge >= 0.3 is 5.92 Å². The van der Waals surface area contributed by atoms with Crippen LogP contribution >= 0.6 is 0 Å². The van der Waals surface area contributed by atoms with Crippen molar-refractivity contribution in [3.8, 4) is 0 Å². The summed E-state index contributed by atoms with van der Waals surface area (Å²) in [5, 5.41) is 9.45. The normalized spacial score (nSPS) is 14.7. The van der Waals surface area contributed by atoms with Crippen LogP contribution in [0.25, 0.3) is 0 Å². The molecule has 0 bridgehead atoms. The van der Waals surface area contributed by atoms with Crippen LogP contribution < -0.4 is 11.5 Å². The van der Waals surface area contributed by atoms with E-state index in [1.165, 1.54) is 13.0 Å². The minimum absolute atomic E-state index is 0.0253. The highest BCUT2D eigenvalue weighted by atomic mass is 19.3. The summed E-state index contributed by atoms with van der Waals surface area (Å²) in [7, 11) is 0. The summed E-state index contributed by atoms with van der Waals surface area (Å²) in [5.74, 6) is -4.90. The molecule has 0 saturated heterocycles. The van der Waals surface area contributed by atoms with Crippen molar-refractivity contribution < 1.29 is 18.3 Å². The fourth-order valence-electron chi connectivity index (χ4n) is 1.56. The molecule has 0 radical (unpaired) electrons. The Morgan fingerprint density at radius 3 is 2.17 bits per heavy atom. The van der Waals surface area contributed by atoms with Crippen molar-refractivity contribution >= 4 is 5.69 Å². The molecule has 5 N–H and O–H groups in total. The first kappa shape index (κ1) is 14.8. The van der Waals surface area contributed by atoms with Crippen molar-refractivity contribution in [2.45, 2.75) is 38.3 Å². The molecule has 102 valence electrons. The zero-order valence-electron chi connectivity index (χ0n) is 10.5. The summed E-state index contributed by atoms with van der Waals surface area (Å²) in [5.41, 5.74) is 7.49. The lowest BCUT2D eigenvalue weighted by Crippen LogP contribution is -2.41. The summed E-state index contributed by atoms with van der Waals surface area (Å²) in [6.45, 7) is 3.27. The number of benzene rings is 1. The van der Waals surface area contributed by atoms with Gasteiger partial charge in [0.2, 0.25) is 0 Å². The number of hydrogen-bond acceptors (Lipinski definition) is 3. The minimum Gasteiger partial charge on any atom is -0.399 e. The van der Waals surface area contributed by atoms with Crippen LogP contribution in [0.4, 0.5) is 18.9 Å². The van der Waals surface area contributed by atoms with Crippen LogP contribution in [0.2, 0.25) is 0 Å². The van der Waals surface area contributed by atoms with Crippen LogP contribution in [0, 0.1) is 5.82 Å². The van der Waals surface area contributed by atoms with Gasteiger partial charge in [-0.05, 0) is 32.9 Å². The van der Waals surface area contributed by atoms with Gasteiger partial charge in [0.15, 0.2) is 0 Å². The summed E-state index contributed by atoms with van der Waals surface area (Å²) in [6, 6.07) is 1.26. The smallest absolute Gasteiger partial charge is 0.303 e. The van der Waals surface area contributed by atoms with Gasteiger partial charge in [-0.15, -0.1) is 0 Å². The SMILES string of the molecule is C[C@@H](N)c1cc(N)cc(C(F)(F)C(C)(C)O)c1F. The Bertz CT molecular complexity index is 453. The molecule has 0 aliphatic rings. The molecule has 3 nitrogen and oxygen atoms in total. The number of hydrogen-bond donors (Lipinski definition) is 3. The Hall–Kier alpha value is -1.27. The van der Waals surface area contributed by atoms with Gasteiger partial charge in [0.25, 0.3) is 0 Å². The Morgan fingerprint density at radius 1 is 1.28 bits per heavy atom. The first-order valence-corrected chi connectivity index (χ1v) is 5.43. The second-order valence-electron chi connectivity index (χ2n) is 4.89. The fraction of sp³-hybridized carbons (Fsp3) is 0.500. The van der Waals surface area contributed by atoms with Crippen molar-refractivity contribution in [3.63, 3.8) is 0 Å². The van der Waals surface area contributed by atoms with E-state index in [2.05, 4.69) is 0 Å².